The Labute approximate surface area is 154 Å². The number of halogens is 4. The molecule has 1 saturated heterocycles. The second kappa shape index (κ2) is 7.87. The van der Waals surface area contributed by atoms with Crippen LogP contribution in [0.1, 0.15) is 26.3 Å². The highest BCUT2D eigenvalue weighted by Crippen LogP contribution is 2.35. The zero-order valence-corrected chi connectivity index (χ0v) is 15.4. The van der Waals surface area contributed by atoms with Crippen LogP contribution < -0.4 is 5.32 Å². The highest BCUT2D eigenvalue weighted by atomic mass is 35.5. The summed E-state index contributed by atoms with van der Waals surface area (Å²) >= 11 is 5.70. The lowest BCUT2D eigenvalue weighted by molar-refractivity contribution is -0.137. The van der Waals surface area contributed by atoms with Gasteiger partial charge in [0.2, 0.25) is 0 Å². The third-order valence-electron chi connectivity index (χ3n) is 3.49. The Balaban J connectivity index is 2.00. The third kappa shape index (κ3) is 5.91. The molecule has 0 spiro atoms. The number of rotatable bonds is 3. The van der Waals surface area contributed by atoms with Gasteiger partial charge in [-0.05, 0) is 26.8 Å². The van der Waals surface area contributed by atoms with Crippen molar-refractivity contribution in [3.8, 4) is 0 Å². The zero-order chi connectivity index (χ0) is 19.5. The molecule has 6 nitrogen and oxygen atoms in total. The van der Waals surface area contributed by atoms with E-state index in [1.165, 1.54) is 4.90 Å². The largest absolute Gasteiger partial charge is 0.444 e. The number of pyridine rings is 1. The van der Waals surface area contributed by atoms with Crippen LogP contribution in [-0.4, -0.2) is 53.9 Å². The van der Waals surface area contributed by atoms with E-state index >= 15 is 0 Å². The summed E-state index contributed by atoms with van der Waals surface area (Å²) in [6.45, 7) is 6.20. The van der Waals surface area contributed by atoms with Gasteiger partial charge >= 0.3 is 12.3 Å². The normalized spacial score (nSPS) is 18.6. The number of hydrogen-bond acceptors (Lipinski definition) is 5. The summed E-state index contributed by atoms with van der Waals surface area (Å²) in [5, 5.41) is 2.63. The fourth-order valence-corrected chi connectivity index (χ4v) is 2.52. The lowest BCUT2D eigenvalue weighted by atomic mass is 10.2. The summed E-state index contributed by atoms with van der Waals surface area (Å²) in [4.78, 5) is 17.1. The van der Waals surface area contributed by atoms with Crippen LogP contribution in [0.15, 0.2) is 12.3 Å². The number of alkyl halides is 3. The van der Waals surface area contributed by atoms with Crippen LogP contribution in [0.2, 0.25) is 5.15 Å². The van der Waals surface area contributed by atoms with Gasteiger partial charge in [0.15, 0.2) is 0 Å². The van der Waals surface area contributed by atoms with Crippen molar-refractivity contribution in [3.63, 3.8) is 0 Å². The lowest BCUT2D eigenvalue weighted by Gasteiger charge is -2.34. The Hall–Kier alpha value is -1.74. The predicted octanol–water partition coefficient (Wildman–Crippen LogP) is 3.80. The number of nitrogens with one attached hydrogen (secondary N) is 1. The summed E-state index contributed by atoms with van der Waals surface area (Å²) in [5.41, 5.74) is -1.73. The Kier molecular flexibility index (Phi) is 6.23. The average Bonchev–Trinajstić information content (AvgIpc) is 2.50. The van der Waals surface area contributed by atoms with Crippen LogP contribution in [0.3, 0.4) is 0 Å². The quantitative estimate of drug-likeness (QED) is 0.789. The Morgan fingerprint density at radius 3 is 2.77 bits per heavy atom. The molecule has 146 valence electrons. The number of anilines is 1. The molecule has 0 saturated carbocycles. The van der Waals surface area contributed by atoms with E-state index in [4.69, 9.17) is 21.1 Å². The zero-order valence-electron chi connectivity index (χ0n) is 14.7. The highest BCUT2D eigenvalue weighted by molar-refractivity contribution is 6.29. The standard InChI is InChI=1S/C16H21ClF3N3O3/c1-15(2,3)26-14(24)23-4-5-25-10(9-23)7-21-12-6-13(17)22-8-11(12)16(18,19)20/h6,8,10H,4-5,7,9H2,1-3H3,(H,21,22)/t10-/m0/s1. The molecule has 1 fully saturated rings. The van der Waals surface area contributed by atoms with E-state index in [1.807, 2.05) is 0 Å². The number of aromatic nitrogens is 1. The van der Waals surface area contributed by atoms with Crippen molar-refractivity contribution >= 4 is 23.4 Å². The van der Waals surface area contributed by atoms with Gasteiger partial charge in [0.1, 0.15) is 10.8 Å². The van der Waals surface area contributed by atoms with Crippen molar-refractivity contribution in [2.45, 2.75) is 38.7 Å². The highest BCUT2D eigenvalue weighted by Gasteiger charge is 2.35. The summed E-state index contributed by atoms with van der Waals surface area (Å²) in [6, 6.07) is 1.11. The van der Waals surface area contributed by atoms with Gasteiger partial charge in [0.25, 0.3) is 0 Å². The van der Waals surface area contributed by atoms with E-state index in [0.717, 1.165) is 6.07 Å². The first-order valence-electron chi connectivity index (χ1n) is 8.02. The van der Waals surface area contributed by atoms with Crippen LogP contribution >= 0.6 is 11.6 Å². The molecule has 1 aromatic heterocycles. The van der Waals surface area contributed by atoms with E-state index in [9.17, 15) is 18.0 Å². The number of nitrogens with zero attached hydrogens (tertiary/aromatic N) is 2. The maximum atomic E-state index is 13.0. The molecule has 0 aliphatic carbocycles. The molecular formula is C16H21ClF3N3O3. The topological polar surface area (TPSA) is 63.7 Å². The van der Waals surface area contributed by atoms with Crippen molar-refractivity contribution in [1.82, 2.24) is 9.88 Å². The molecule has 1 aromatic rings. The van der Waals surface area contributed by atoms with E-state index in [2.05, 4.69) is 10.3 Å². The number of hydrogen-bond donors (Lipinski definition) is 1. The van der Waals surface area contributed by atoms with Crippen LogP contribution in [0.25, 0.3) is 0 Å². The minimum Gasteiger partial charge on any atom is -0.444 e. The van der Waals surface area contributed by atoms with Crippen molar-refractivity contribution in [2.24, 2.45) is 0 Å². The molecule has 26 heavy (non-hydrogen) atoms. The number of amides is 1. The molecule has 1 atom stereocenters. The van der Waals surface area contributed by atoms with Gasteiger partial charge in [-0.2, -0.15) is 13.2 Å². The van der Waals surface area contributed by atoms with Gasteiger partial charge in [0, 0.05) is 19.3 Å². The molecule has 1 N–H and O–H groups in total. The molecule has 0 unspecified atom stereocenters. The molecule has 1 aliphatic rings. The SMILES string of the molecule is CC(C)(C)OC(=O)N1CCO[C@@H](CNc2cc(Cl)ncc2C(F)(F)F)C1. The summed E-state index contributed by atoms with van der Waals surface area (Å²) in [7, 11) is 0. The second-order valence-electron chi connectivity index (χ2n) is 6.85. The fraction of sp³-hybridized carbons (Fsp3) is 0.625. The third-order valence-corrected chi connectivity index (χ3v) is 3.69. The van der Waals surface area contributed by atoms with E-state index in [-0.39, 0.29) is 30.5 Å². The molecular weight excluding hydrogens is 375 g/mol. The summed E-state index contributed by atoms with van der Waals surface area (Å²) in [6.07, 6.45) is -4.84. The molecule has 2 rings (SSSR count). The molecule has 0 radical (unpaired) electrons. The number of ether oxygens (including phenoxy) is 2. The summed E-state index contributed by atoms with van der Waals surface area (Å²) in [5.74, 6) is 0. The minimum atomic E-state index is -4.56. The van der Waals surface area contributed by atoms with Gasteiger partial charge < -0.3 is 19.7 Å². The van der Waals surface area contributed by atoms with Crippen LogP contribution in [0, 0.1) is 0 Å². The molecule has 1 amide bonds. The second-order valence-corrected chi connectivity index (χ2v) is 7.24. The van der Waals surface area contributed by atoms with Gasteiger partial charge in [-0.25, -0.2) is 9.78 Å². The Morgan fingerprint density at radius 2 is 2.15 bits per heavy atom. The Bertz CT molecular complexity index is 650. The Morgan fingerprint density at radius 1 is 1.46 bits per heavy atom. The van der Waals surface area contributed by atoms with E-state index in [0.29, 0.717) is 12.7 Å². The molecule has 0 bridgehead atoms. The van der Waals surface area contributed by atoms with Crippen molar-refractivity contribution in [3.05, 3.63) is 23.0 Å². The number of morpholine rings is 1. The molecule has 2 heterocycles. The van der Waals surface area contributed by atoms with E-state index < -0.39 is 29.5 Å². The average molecular weight is 396 g/mol. The van der Waals surface area contributed by atoms with Gasteiger partial charge in [0.05, 0.1) is 30.5 Å². The predicted molar refractivity (Wildman–Crippen MR) is 90.3 cm³/mol. The monoisotopic (exact) mass is 395 g/mol. The maximum absolute atomic E-state index is 13.0. The van der Waals surface area contributed by atoms with Gasteiger partial charge in [-0.3, -0.25) is 0 Å². The maximum Gasteiger partial charge on any atom is 0.419 e. The van der Waals surface area contributed by atoms with Crippen LogP contribution in [0.4, 0.5) is 23.7 Å². The molecule has 10 heteroatoms. The van der Waals surface area contributed by atoms with Crippen LogP contribution in [0.5, 0.6) is 0 Å². The molecule has 1 aliphatic heterocycles. The first-order chi connectivity index (χ1) is 12.0. The smallest absolute Gasteiger partial charge is 0.419 e. The minimum absolute atomic E-state index is 0.0551. The van der Waals surface area contributed by atoms with Crippen molar-refractivity contribution < 1.29 is 27.4 Å². The lowest BCUT2D eigenvalue weighted by Crippen LogP contribution is -2.49. The molecule has 0 aromatic carbocycles. The van der Waals surface area contributed by atoms with Gasteiger partial charge in [-0.15, -0.1) is 0 Å². The van der Waals surface area contributed by atoms with Gasteiger partial charge in [-0.1, -0.05) is 11.6 Å². The summed E-state index contributed by atoms with van der Waals surface area (Å²) < 4.78 is 50.0. The number of carbonyl (C=O) groups excluding carboxylic acids is 1. The first kappa shape index (κ1) is 20.6. The number of carbonyl (C=O) groups is 1. The van der Waals surface area contributed by atoms with Crippen molar-refractivity contribution in [2.75, 3.05) is 31.6 Å². The fourth-order valence-electron chi connectivity index (χ4n) is 2.36. The van der Waals surface area contributed by atoms with Crippen LogP contribution in [-0.2, 0) is 15.7 Å². The van der Waals surface area contributed by atoms with E-state index in [1.54, 1.807) is 20.8 Å². The van der Waals surface area contributed by atoms with Crippen molar-refractivity contribution in [1.29, 1.82) is 0 Å². The first-order valence-corrected chi connectivity index (χ1v) is 8.39.